The number of aryl methyl sites for hydroxylation is 1. The SMILES string of the molecule is COc1cc(F)c([C@@H]2CNC(=O)[C@H]2Nc2cc(-c3ccc(C)cc3)on2)c(F)c1. The fourth-order valence-corrected chi connectivity index (χ4v) is 3.45. The molecule has 2 N–H and O–H groups in total. The molecule has 1 saturated heterocycles. The summed E-state index contributed by atoms with van der Waals surface area (Å²) in [5.74, 6) is -1.76. The smallest absolute Gasteiger partial charge is 0.243 e. The highest BCUT2D eigenvalue weighted by atomic mass is 19.1. The van der Waals surface area contributed by atoms with Crippen LogP contribution in [0, 0.1) is 18.6 Å². The van der Waals surface area contributed by atoms with E-state index < -0.39 is 23.6 Å². The molecule has 6 nitrogen and oxygen atoms in total. The van der Waals surface area contributed by atoms with E-state index in [0.29, 0.717) is 11.6 Å². The standard InChI is InChI=1S/C21H19F2N3O3/c1-11-3-5-12(6-4-11)17-9-18(26-29-17)25-20-14(10-24-21(20)27)19-15(22)7-13(28-2)8-16(19)23/h3-9,14,20H,10H2,1-2H3,(H,24,27)(H,25,26)/t14-,20-/m0/s1. The maximum atomic E-state index is 14.5. The molecule has 0 unspecified atom stereocenters. The number of carbonyl (C=O) groups is 1. The normalized spacial score (nSPS) is 18.6. The van der Waals surface area contributed by atoms with Crippen LogP contribution in [0.15, 0.2) is 47.0 Å². The minimum absolute atomic E-state index is 0.0739. The summed E-state index contributed by atoms with van der Waals surface area (Å²) in [5, 5.41) is 9.52. The molecule has 1 aromatic heterocycles. The number of methoxy groups -OCH3 is 1. The Labute approximate surface area is 165 Å². The number of ether oxygens (including phenoxy) is 1. The van der Waals surface area contributed by atoms with Gasteiger partial charge in [-0.25, -0.2) is 8.78 Å². The van der Waals surface area contributed by atoms with Crippen molar-refractivity contribution in [1.29, 1.82) is 0 Å². The van der Waals surface area contributed by atoms with Gasteiger partial charge in [0.25, 0.3) is 0 Å². The zero-order valence-electron chi connectivity index (χ0n) is 15.8. The molecular formula is C21H19F2N3O3. The molecule has 2 atom stereocenters. The van der Waals surface area contributed by atoms with Crippen LogP contribution in [0.2, 0.25) is 0 Å². The van der Waals surface area contributed by atoms with Crippen LogP contribution in [0.4, 0.5) is 14.6 Å². The van der Waals surface area contributed by atoms with Gasteiger partial charge in [-0.05, 0) is 6.92 Å². The number of halogens is 2. The highest BCUT2D eigenvalue weighted by molar-refractivity contribution is 5.88. The first-order chi connectivity index (χ1) is 14.0. The van der Waals surface area contributed by atoms with Gasteiger partial charge in [0.1, 0.15) is 23.4 Å². The van der Waals surface area contributed by atoms with E-state index in [-0.39, 0.29) is 23.8 Å². The summed E-state index contributed by atoms with van der Waals surface area (Å²) in [5.41, 5.74) is 1.76. The number of nitrogens with zero attached hydrogens (tertiary/aromatic N) is 1. The second-order valence-corrected chi connectivity index (χ2v) is 6.92. The Balaban J connectivity index is 1.59. The van der Waals surface area contributed by atoms with Crippen LogP contribution in [0.25, 0.3) is 11.3 Å². The van der Waals surface area contributed by atoms with Gasteiger partial charge in [0.2, 0.25) is 5.91 Å². The summed E-state index contributed by atoms with van der Waals surface area (Å²) in [6, 6.07) is 10.6. The molecule has 1 aliphatic heterocycles. The van der Waals surface area contributed by atoms with Gasteiger partial charge in [0.05, 0.1) is 7.11 Å². The predicted molar refractivity (Wildman–Crippen MR) is 103 cm³/mol. The lowest BCUT2D eigenvalue weighted by Crippen LogP contribution is -2.33. The molecule has 8 heteroatoms. The van der Waals surface area contributed by atoms with Crippen LogP contribution in [-0.4, -0.2) is 30.8 Å². The number of benzene rings is 2. The van der Waals surface area contributed by atoms with Crippen molar-refractivity contribution in [3.63, 3.8) is 0 Å². The Morgan fingerprint density at radius 2 is 1.86 bits per heavy atom. The number of amides is 1. The lowest BCUT2D eigenvalue weighted by atomic mass is 9.92. The quantitative estimate of drug-likeness (QED) is 0.685. The minimum Gasteiger partial charge on any atom is -0.497 e. The Kier molecular flexibility index (Phi) is 4.92. The second kappa shape index (κ2) is 7.54. The lowest BCUT2D eigenvalue weighted by molar-refractivity contribution is -0.119. The largest absolute Gasteiger partial charge is 0.497 e. The van der Waals surface area contributed by atoms with Crippen molar-refractivity contribution in [1.82, 2.24) is 10.5 Å². The van der Waals surface area contributed by atoms with Gasteiger partial charge < -0.3 is 19.9 Å². The van der Waals surface area contributed by atoms with E-state index in [2.05, 4.69) is 15.8 Å². The predicted octanol–water partition coefficient (Wildman–Crippen LogP) is 3.63. The van der Waals surface area contributed by atoms with Crippen LogP contribution in [0.1, 0.15) is 17.0 Å². The molecule has 3 aromatic rings. The molecule has 4 rings (SSSR count). The fourth-order valence-electron chi connectivity index (χ4n) is 3.45. The zero-order chi connectivity index (χ0) is 20.5. The van der Waals surface area contributed by atoms with Crippen LogP contribution < -0.4 is 15.4 Å². The number of aromatic nitrogens is 1. The van der Waals surface area contributed by atoms with E-state index in [9.17, 15) is 13.6 Å². The molecule has 0 radical (unpaired) electrons. The second-order valence-electron chi connectivity index (χ2n) is 6.92. The molecular weight excluding hydrogens is 380 g/mol. The van der Waals surface area contributed by atoms with Gasteiger partial charge in [-0.15, -0.1) is 0 Å². The number of nitrogens with one attached hydrogen (secondary N) is 2. The monoisotopic (exact) mass is 399 g/mol. The van der Waals surface area contributed by atoms with Crippen LogP contribution in [0.5, 0.6) is 5.75 Å². The average Bonchev–Trinajstić information content (AvgIpc) is 3.30. The first-order valence-corrected chi connectivity index (χ1v) is 9.07. The third kappa shape index (κ3) is 3.65. The molecule has 0 saturated carbocycles. The summed E-state index contributed by atoms with van der Waals surface area (Å²) < 4.78 is 39.3. The topological polar surface area (TPSA) is 76.4 Å². The maximum absolute atomic E-state index is 14.5. The van der Waals surface area contributed by atoms with Gasteiger partial charge in [-0.3, -0.25) is 4.79 Å². The molecule has 1 amide bonds. The van der Waals surface area contributed by atoms with E-state index in [1.54, 1.807) is 6.07 Å². The van der Waals surface area contributed by atoms with Gasteiger partial charge in [-0.2, -0.15) is 0 Å². The zero-order valence-corrected chi connectivity index (χ0v) is 15.8. The van der Waals surface area contributed by atoms with Crippen molar-refractivity contribution >= 4 is 11.7 Å². The van der Waals surface area contributed by atoms with Gasteiger partial charge in [0, 0.05) is 41.8 Å². The van der Waals surface area contributed by atoms with E-state index in [4.69, 9.17) is 9.26 Å². The minimum atomic E-state index is -0.900. The molecule has 29 heavy (non-hydrogen) atoms. The Morgan fingerprint density at radius 3 is 2.52 bits per heavy atom. The Hall–Kier alpha value is -3.42. The molecule has 0 bridgehead atoms. The molecule has 2 aromatic carbocycles. The number of rotatable bonds is 5. The van der Waals surface area contributed by atoms with Crippen molar-refractivity contribution in [2.24, 2.45) is 0 Å². The summed E-state index contributed by atoms with van der Waals surface area (Å²) in [6.07, 6.45) is 0. The molecule has 0 aliphatic carbocycles. The number of hydrogen-bond donors (Lipinski definition) is 2. The fraction of sp³-hybridized carbons (Fsp3) is 0.238. The first kappa shape index (κ1) is 18.9. The van der Waals surface area contributed by atoms with Gasteiger partial charge >= 0.3 is 0 Å². The lowest BCUT2D eigenvalue weighted by Gasteiger charge is -2.19. The highest BCUT2D eigenvalue weighted by Crippen LogP contribution is 2.33. The van der Waals surface area contributed by atoms with E-state index in [0.717, 1.165) is 23.3 Å². The summed E-state index contributed by atoms with van der Waals surface area (Å²) in [7, 11) is 1.33. The summed E-state index contributed by atoms with van der Waals surface area (Å²) in [4.78, 5) is 12.3. The van der Waals surface area contributed by atoms with Crippen molar-refractivity contribution in [3.8, 4) is 17.1 Å². The molecule has 1 fully saturated rings. The first-order valence-electron chi connectivity index (χ1n) is 9.07. The third-order valence-corrected chi connectivity index (χ3v) is 4.99. The van der Waals surface area contributed by atoms with Crippen molar-refractivity contribution in [2.75, 3.05) is 19.0 Å². The van der Waals surface area contributed by atoms with Crippen molar-refractivity contribution in [2.45, 2.75) is 18.9 Å². The Morgan fingerprint density at radius 1 is 1.17 bits per heavy atom. The number of hydrogen-bond acceptors (Lipinski definition) is 5. The molecule has 2 heterocycles. The van der Waals surface area contributed by atoms with Gasteiger partial charge in [-0.1, -0.05) is 35.0 Å². The average molecular weight is 399 g/mol. The number of anilines is 1. The third-order valence-electron chi connectivity index (χ3n) is 4.99. The van der Waals surface area contributed by atoms with Gasteiger partial charge in [0.15, 0.2) is 11.6 Å². The van der Waals surface area contributed by atoms with Crippen LogP contribution >= 0.6 is 0 Å². The summed E-state index contributed by atoms with van der Waals surface area (Å²) in [6.45, 7) is 2.08. The van der Waals surface area contributed by atoms with E-state index >= 15 is 0 Å². The van der Waals surface area contributed by atoms with Crippen molar-refractivity contribution < 1.29 is 22.8 Å². The highest BCUT2D eigenvalue weighted by Gasteiger charge is 2.39. The van der Waals surface area contributed by atoms with E-state index in [1.165, 1.54) is 7.11 Å². The maximum Gasteiger partial charge on any atom is 0.243 e. The van der Waals surface area contributed by atoms with E-state index in [1.807, 2.05) is 31.2 Å². The summed E-state index contributed by atoms with van der Waals surface area (Å²) >= 11 is 0. The van der Waals surface area contributed by atoms with Crippen LogP contribution in [-0.2, 0) is 4.79 Å². The number of carbonyl (C=O) groups excluding carboxylic acids is 1. The van der Waals surface area contributed by atoms with Crippen molar-refractivity contribution in [3.05, 3.63) is 65.2 Å². The Bertz CT molecular complexity index is 1030. The molecule has 150 valence electrons. The van der Waals surface area contributed by atoms with Crippen LogP contribution in [0.3, 0.4) is 0 Å². The molecule has 0 spiro atoms. The molecule has 1 aliphatic rings.